The first-order chi connectivity index (χ1) is 5.58. The molecule has 0 saturated carbocycles. The minimum absolute atomic E-state index is 0.111. The molecule has 1 aliphatic heterocycles. The molecular weight excluding hydrogens is 209 g/mol. The van der Waals surface area contributed by atoms with E-state index in [9.17, 15) is 13.2 Å². The van der Waals surface area contributed by atoms with Crippen molar-refractivity contribution in [1.29, 1.82) is 0 Å². The highest BCUT2D eigenvalue weighted by Crippen LogP contribution is 2.39. The topological polar surface area (TPSA) is 24.4 Å². The van der Waals surface area contributed by atoms with Gasteiger partial charge in [0.15, 0.2) is 0 Å². The van der Waals surface area contributed by atoms with Gasteiger partial charge in [-0.3, -0.25) is 4.99 Å². The third-order valence-electron chi connectivity index (χ3n) is 1.04. The second-order valence-corrected chi connectivity index (χ2v) is 4.77. The minimum atomic E-state index is -4.30. The van der Waals surface area contributed by atoms with Gasteiger partial charge in [0.25, 0.3) is 0 Å². The molecule has 1 saturated heterocycles. The molecule has 1 N–H and O–H groups in total. The number of alkyl halides is 3. The lowest BCUT2D eigenvalue weighted by Gasteiger charge is -2.19. The Kier molecular flexibility index (Phi) is 3.73. The van der Waals surface area contributed by atoms with Gasteiger partial charge in [-0.25, -0.2) is 5.32 Å². The van der Waals surface area contributed by atoms with Crippen molar-refractivity contribution in [2.24, 2.45) is 4.99 Å². The number of nitrogens with one attached hydrogen (secondary N) is 1. The molecule has 2 nitrogen and oxygen atoms in total. The van der Waals surface area contributed by atoms with Crippen molar-refractivity contribution in [2.75, 3.05) is 11.6 Å². The average Bonchev–Trinajstić information content (AvgIpc) is 1.80. The number of halogens is 3. The van der Waals surface area contributed by atoms with Crippen LogP contribution >= 0.6 is 23.5 Å². The summed E-state index contributed by atoms with van der Waals surface area (Å²) in [5.74, 6) is 0. The molecule has 7 heteroatoms. The molecule has 0 amide bonds. The van der Waals surface area contributed by atoms with E-state index >= 15 is 0 Å². The SMILES string of the molecule is FC(F)(F)NC/C=N\C1SCS1. The lowest BCUT2D eigenvalue weighted by Crippen LogP contribution is -2.33. The molecule has 0 spiro atoms. The molecular formula is C5H7F3N2S2. The van der Waals surface area contributed by atoms with Gasteiger partial charge < -0.3 is 0 Å². The van der Waals surface area contributed by atoms with Gasteiger partial charge >= 0.3 is 6.30 Å². The standard InChI is InChI=1S/C5H7F3N2S2/c6-5(7,8)10-2-1-9-4-11-3-12-4/h1,4,10H,2-3H2/b9-1-. The zero-order chi connectivity index (χ0) is 9.03. The van der Waals surface area contributed by atoms with Crippen LogP contribution in [0.1, 0.15) is 0 Å². The van der Waals surface area contributed by atoms with Crippen molar-refractivity contribution in [3.05, 3.63) is 0 Å². The van der Waals surface area contributed by atoms with Gasteiger partial charge in [0, 0.05) is 17.8 Å². The fourth-order valence-electron chi connectivity index (χ4n) is 0.515. The minimum Gasteiger partial charge on any atom is -0.271 e. The van der Waals surface area contributed by atoms with Crippen LogP contribution in [-0.4, -0.2) is 28.9 Å². The lowest BCUT2D eigenvalue weighted by atomic mass is 10.7. The molecule has 1 fully saturated rings. The number of aliphatic imine (C=N–C) groups is 1. The van der Waals surface area contributed by atoms with Crippen LogP contribution in [0.3, 0.4) is 0 Å². The predicted octanol–water partition coefficient (Wildman–Crippen LogP) is 1.89. The van der Waals surface area contributed by atoms with Gasteiger partial charge in [0.05, 0.1) is 0 Å². The van der Waals surface area contributed by atoms with Crippen molar-refractivity contribution in [2.45, 2.75) is 11.0 Å². The van der Waals surface area contributed by atoms with Crippen LogP contribution in [0.2, 0.25) is 0 Å². The number of hydrogen-bond acceptors (Lipinski definition) is 4. The number of nitrogens with zero attached hydrogens (tertiary/aromatic N) is 1. The summed E-state index contributed by atoms with van der Waals surface area (Å²) in [5.41, 5.74) is 0. The van der Waals surface area contributed by atoms with Crippen LogP contribution in [0, 0.1) is 0 Å². The molecule has 0 atom stereocenters. The summed E-state index contributed by atoms with van der Waals surface area (Å²) < 4.78 is 34.6. The molecule has 0 aromatic carbocycles. The highest BCUT2D eigenvalue weighted by atomic mass is 32.3. The van der Waals surface area contributed by atoms with Gasteiger partial charge in [-0.15, -0.1) is 23.5 Å². The van der Waals surface area contributed by atoms with Crippen LogP contribution in [0.5, 0.6) is 0 Å². The molecule has 0 bridgehead atoms. The summed E-state index contributed by atoms with van der Waals surface area (Å²) in [6.45, 7) is -0.249. The summed E-state index contributed by atoms with van der Waals surface area (Å²) in [6.07, 6.45) is -3.04. The Morgan fingerprint density at radius 2 is 2.17 bits per heavy atom. The molecule has 0 aromatic heterocycles. The van der Waals surface area contributed by atoms with E-state index in [1.54, 1.807) is 23.5 Å². The largest absolute Gasteiger partial charge is 0.457 e. The summed E-state index contributed by atoms with van der Waals surface area (Å²) in [7, 11) is 0. The Morgan fingerprint density at radius 3 is 2.58 bits per heavy atom. The van der Waals surface area contributed by atoms with Crippen LogP contribution < -0.4 is 5.32 Å². The maximum atomic E-state index is 11.5. The quantitative estimate of drug-likeness (QED) is 0.576. The van der Waals surface area contributed by atoms with Crippen LogP contribution in [-0.2, 0) is 0 Å². The van der Waals surface area contributed by atoms with Gasteiger partial charge in [-0.05, 0) is 0 Å². The van der Waals surface area contributed by atoms with Crippen molar-refractivity contribution < 1.29 is 13.2 Å². The predicted molar refractivity (Wildman–Crippen MR) is 46.4 cm³/mol. The molecule has 0 unspecified atom stereocenters. The van der Waals surface area contributed by atoms with Crippen molar-refractivity contribution >= 4 is 29.7 Å². The zero-order valence-electron chi connectivity index (χ0n) is 5.97. The van der Waals surface area contributed by atoms with E-state index in [4.69, 9.17) is 0 Å². The van der Waals surface area contributed by atoms with Crippen molar-refractivity contribution in [3.8, 4) is 0 Å². The lowest BCUT2D eigenvalue weighted by molar-refractivity contribution is -0.153. The van der Waals surface area contributed by atoms with Gasteiger partial charge in [-0.1, -0.05) is 0 Å². The Balaban J connectivity index is 2.04. The Morgan fingerprint density at radius 1 is 1.50 bits per heavy atom. The molecule has 70 valence electrons. The van der Waals surface area contributed by atoms with E-state index < -0.39 is 6.30 Å². The molecule has 0 aliphatic carbocycles. The van der Waals surface area contributed by atoms with Gasteiger partial charge in [0.2, 0.25) is 0 Å². The molecule has 12 heavy (non-hydrogen) atoms. The Labute approximate surface area is 76.4 Å². The molecule has 0 aromatic rings. The second-order valence-electron chi connectivity index (χ2n) is 1.97. The normalized spacial score (nSPS) is 19.9. The maximum Gasteiger partial charge on any atom is 0.457 e. The fraction of sp³-hybridized carbons (Fsp3) is 0.800. The van der Waals surface area contributed by atoms with Crippen LogP contribution in [0.4, 0.5) is 13.2 Å². The van der Waals surface area contributed by atoms with E-state index in [1.807, 2.05) is 0 Å². The number of rotatable bonds is 3. The summed E-state index contributed by atoms with van der Waals surface area (Å²) in [6, 6.07) is 0. The molecule has 1 aliphatic rings. The fourth-order valence-corrected chi connectivity index (χ4v) is 1.89. The number of hydrogen-bond donors (Lipinski definition) is 1. The Hall–Kier alpha value is 0.120. The number of thioether (sulfide) groups is 2. The molecule has 1 heterocycles. The summed E-state index contributed by atoms with van der Waals surface area (Å²) in [4.78, 5) is 3.87. The van der Waals surface area contributed by atoms with E-state index in [2.05, 4.69) is 4.99 Å². The zero-order valence-corrected chi connectivity index (χ0v) is 7.60. The molecule has 0 radical (unpaired) electrons. The summed E-state index contributed by atoms with van der Waals surface area (Å²) in [5, 5.41) is 2.34. The first-order valence-electron chi connectivity index (χ1n) is 3.14. The first kappa shape index (κ1) is 10.2. The third-order valence-corrected chi connectivity index (χ3v) is 3.76. The maximum absolute atomic E-state index is 11.5. The van der Waals surface area contributed by atoms with E-state index in [0.717, 1.165) is 5.08 Å². The van der Waals surface area contributed by atoms with E-state index in [1.165, 1.54) is 11.5 Å². The average molecular weight is 216 g/mol. The van der Waals surface area contributed by atoms with Crippen LogP contribution in [0.15, 0.2) is 4.99 Å². The van der Waals surface area contributed by atoms with E-state index in [-0.39, 0.29) is 11.3 Å². The smallest absolute Gasteiger partial charge is 0.271 e. The van der Waals surface area contributed by atoms with E-state index in [0.29, 0.717) is 0 Å². The van der Waals surface area contributed by atoms with Gasteiger partial charge in [0.1, 0.15) is 4.71 Å². The first-order valence-corrected chi connectivity index (χ1v) is 5.24. The Bertz CT molecular complexity index is 167. The summed E-state index contributed by atoms with van der Waals surface area (Å²) >= 11 is 3.24. The van der Waals surface area contributed by atoms with Crippen molar-refractivity contribution in [3.63, 3.8) is 0 Å². The third kappa shape index (κ3) is 4.22. The molecule has 1 rings (SSSR count). The van der Waals surface area contributed by atoms with Crippen LogP contribution in [0.25, 0.3) is 0 Å². The highest BCUT2D eigenvalue weighted by molar-refractivity contribution is 8.32. The monoisotopic (exact) mass is 216 g/mol. The highest BCUT2D eigenvalue weighted by Gasteiger charge is 2.25. The van der Waals surface area contributed by atoms with Crippen molar-refractivity contribution in [1.82, 2.24) is 5.32 Å². The second kappa shape index (κ2) is 4.38. The van der Waals surface area contributed by atoms with Gasteiger partial charge in [-0.2, -0.15) is 13.2 Å².